The van der Waals surface area contributed by atoms with Gasteiger partial charge in [0.1, 0.15) is 0 Å². The Balaban J connectivity index is 1.72. The molecule has 2 heterocycles. The lowest BCUT2D eigenvalue weighted by Gasteiger charge is -2.21. The van der Waals surface area contributed by atoms with E-state index in [1.165, 1.54) is 18.7 Å². The summed E-state index contributed by atoms with van der Waals surface area (Å²) >= 11 is 0. The standard InChI is InChI=1S/C23H19N3O4/c1-30-23(27)16-8-9-20-19(13-16)24-21(15-5-2-6-17(12-15)26(28)29)18-7-3-4-14-10-11-25(20)22(14)18/h2-9,12-13,21,24H,10-11H2,1H3. The van der Waals surface area contributed by atoms with Crippen molar-refractivity contribution in [1.29, 1.82) is 0 Å². The number of ether oxygens (including phenoxy) is 1. The van der Waals surface area contributed by atoms with Gasteiger partial charge >= 0.3 is 5.97 Å². The summed E-state index contributed by atoms with van der Waals surface area (Å²) in [4.78, 5) is 25.3. The van der Waals surface area contributed by atoms with Crippen LogP contribution < -0.4 is 10.2 Å². The highest BCUT2D eigenvalue weighted by molar-refractivity contribution is 5.94. The largest absolute Gasteiger partial charge is 0.465 e. The lowest BCUT2D eigenvalue weighted by molar-refractivity contribution is -0.384. The average Bonchev–Trinajstić information content (AvgIpc) is 3.15. The summed E-state index contributed by atoms with van der Waals surface area (Å²) in [5.41, 5.74) is 6.49. The first-order valence-corrected chi connectivity index (χ1v) is 9.69. The lowest BCUT2D eigenvalue weighted by atomic mass is 9.95. The Hall–Kier alpha value is -3.87. The molecule has 7 nitrogen and oxygen atoms in total. The van der Waals surface area contributed by atoms with Gasteiger partial charge in [-0.2, -0.15) is 0 Å². The molecule has 5 rings (SSSR count). The normalized spacial score (nSPS) is 16.2. The third-order valence-electron chi connectivity index (χ3n) is 5.76. The smallest absolute Gasteiger partial charge is 0.337 e. The lowest BCUT2D eigenvalue weighted by Crippen LogP contribution is -2.14. The van der Waals surface area contributed by atoms with Gasteiger partial charge in [0.25, 0.3) is 5.69 Å². The number of nitrogens with zero attached hydrogens (tertiary/aromatic N) is 2. The number of benzene rings is 3. The first kappa shape index (κ1) is 18.2. The van der Waals surface area contributed by atoms with Crippen molar-refractivity contribution in [3.8, 4) is 0 Å². The van der Waals surface area contributed by atoms with Crippen LogP contribution >= 0.6 is 0 Å². The summed E-state index contributed by atoms with van der Waals surface area (Å²) in [5, 5.41) is 14.9. The summed E-state index contributed by atoms with van der Waals surface area (Å²) < 4.78 is 4.88. The van der Waals surface area contributed by atoms with Gasteiger partial charge in [-0.3, -0.25) is 10.1 Å². The maximum atomic E-state index is 12.1. The van der Waals surface area contributed by atoms with Crippen molar-refractivity contribution in [2.24, 2.45) is 0 Å². The molecule has 0 spiro atoms. The van der Waals surface area contributed by atoms with Crippen LogP contribution in [0.5, 0.6) is 0 Å². The van der Waals surface area contributed by atoms with E-state index in [1.807, 2.05) is 18.2 Å². The van der Waals surface area contributed by atoms with Gasteiger partial charge in [0, 0.05) is 24.2 Å². The Kier molecular flexibility index (Phi) is 4.17. The van der Waals surface area contributed by atoms with Gasteiger partial charge in [-0.25, -0.2) is 4.79 Å². The third kappa shape index (κ3) is 2.78. The second-order valence-corrected chi connectivity index (χ2v) is 7.41. The van der Waals surface area contributed by atoms with Crippen molar-refractivity contribution in [3.63, 3.8) is 0 Å². The summed E-state index contributed by atoms with van der Waals surface area (Å²) in [6, 6.07) is 18.1. The highest BCUT2D eigenvalue weighted by atomic mass is 16.6. The van der Waals surface area contributed by atoms with E-state index in [9.17, 15) is 14.9 Å². The van der Waals surface area contributed by atoms with Crippen molar-refractivity contribution in [2.75, 3.05) is 23.9 Å². The van der Waals surface area contributed by atoms with Crippen molar-refractivity contribution in [3.05, 3.63) is 93.0 Å². The molecule has 0 saturated heterocycles. The highest BCUT2D eigenvalue weighted by Gasteiger charge is 2.33. The fourth-order valence-electron chi connectivity index (χ4n) is 4.41. The van der Waals surface area contributed by atoms with Crippen LogP contribution in [0.3, 0.4) is 0 Å². The molecule has 2 aliphatic heterocycles. The first-order valence-electron chi connectivity index (χ1n) is 9.69. The molecular weight excluding hydrogens is 382 g/mol. The molecule has 0 aliphatic carbocycles. The van der Waals surface area contributed by atoms with Crippen molar-refractivity contribution < 1.29 is 14.5 Å². The number of nitrogens with one attached hydrogen (secondary N) is 1. The zero-order valence-electron chi connectivity index (χ0n) is 16.3. The number of hydrogen-bond donors (Lipinski definition) is 1. The molecule has 0 saturated carbocycles. The molecule has 7 heteroatoms. The van der Waals surface area contributed by atoms with Crippen LogP contribution in [-0.2, 0) is 11.2 Å². The molecule has 30 heavy (non-hydrogen) atoms. The number of rotatable bonds is 3. The van der Waals surface area contributed by atoms with Crippen LogP contribution in [0.2, 0.25) is 0 Å². The third-order valence-corrected chi connectivity index (χ3v) is 5.76. The number of fused-ring (bicyclic) bond motifs is 2. The topological polar surface area (TPSA) is 84.7 Å². The molecule has 150 valence electrons. The number of methoxy groups -OCH3 is 1. The zero-order chi connectivity index (χ0) is 20.8. The van der Waals surface area contributed by atoms with Gasteiger partial charge < -0.3 is 15.0 Å². The van der Waals surface area contributed by atoms with E-state index in [4.69, 9.17) is 4.74 Å². The van der Waals surface area contributed by atoms with E-state index in [0.29, 0.717) is 5.56 Å². The van der Waals surface area contributed by atoms with Crippen molar-refractivity contribution in [2.45, 2.75) is 12.5 Å². The molecule has 3 aromatic rings. The summed E-state index contributed by atoms with van der Waals surface area (Å²) in [5.74, 6) is -0.407. The second kappa shape index (κ2) is 6.88. The predicted octanol–water partition coefficient (Wildman–Crippen LogP) is 4.59. The molecule has 1 atom stereocenters. The summed E-state index contributed by atoms with van der Waals surface area (Å²) in [7, 11) is 1.36. The summed E-state index contributed by atoms with van der Waals surface area (Å²) in [6.45, 7) is 0.834. The van der Waals surface area contributed by atoms with E-state index in [2.05, 4.69) is 22.3 Å². The van der Waals surface area contributed by atoms with E-state index in [-0.39, 0.29) is 16.7 Å². The van der Waals surface area contributed by atoms with Crippen LogP contribution in [0.15, 0.2) is 60.7 Å². The maximum absolute atomic E-state index is 12.1. The zero-order valence-corrected chi connectivity index (χ0v) is 16.3. The number of esters is 1. The number of para-hydroxylation sites is 1. The van der Waals surface area contributed by atoms with E-state index in [1.54, 1.807) is 24.3 Å². The predicted molar refractivity (Wildman–Crippen MR) is 113 cm³/mol. The number of carbonyl (C=O) groups is 1. The van der Waals surface area contributed by atoms with E-state index < -0.39 is 5.97 Å². The fourth-order valence-corrected chi connectivity index (χ4v) is 4.41. The molecule has 1 N–H and O–H groups in total. The minimum Gasteiger partial charge on any atom is -0.465 e. The van der Waals surface area contributed by atoms with Gasteiger partial charge in [0.15, 0.2) is 0 Å². The SMILES string of the molecule is COC(=O)c1ccc2c(c1)NC(c1cccc([N+](=O)[O-])c1)c1cccc3c1N2CC3. The molecule has 0 radical (unpaired) electrons. The first-order chi connectivity index (χ1) is 14.6. The molecular formula is C23H19N3O4. The molecule has 0 aromatic heterocycles. The molecule has 3 aromatic carbocycles. The average molecular weight is 401 g/mol. The Morgan fingerprint density at radius 2 is 2.00 bits per heavy atom. The second-order valence-electron chi connectivity index (χ2n) is 7.41. The van der Waals surface area contributed by atoms with Gasteiger partial charge in [0.2, 0.25) is 0 Å². The Bertz CT molecular complexity index is 1190. The molecule has 0 amide bonds. The van der Waals surface area contributed by atoms with Gasteiger partial charge in [-0.05, 0) is 35.7 Å². The number of nitro benzene ring substituents is 1. The van der Waals surface area contributed by atoms with E-state index in [0.717, 1.165) is 41.2 Å². The minimum absolute atomic E-state index is 0.0477. The number of non-ortho nitro benzene ring substituents is 1. The molecule has 0 bridgehead atoms. The van der Waals surface area contributed by atoms with E-state index >= 15 is 0 Å². The number of anilines is 3. The van der Waals surface area contributed by atoms with Crippen molar-refractivity contribution in [1.82, 2.24) is 0 Å². The van der Waals surface area contributed by atoms with Crippen molar-refractivity contribution >= 4 is 28.7 Å². The Morgan fingerprint density at radius 1 is 1.17 bits per heavy atom. The number of hydrogen-bond acceptors (Lipinski definition) is 6. The van der Waals surface area contributed by atoms with Gasteiger partial charge in [-0.1, -0.05) is 30.3 Å². The van der Waals surface area contributed by atoms with Crippen LogP contribution in [0, 0.1) is 10.1 Å². The van der Waals surface area contributed by atoms with Crippen LogP contribution in [0.25, 0.3) is 0 Å². The van der Waals surface area contributed by atoms with Crippen LogP contribution in [0.4, 0.5) is 22.7 Å². The number of nitro groups is 1. The Labute approximate surface area is 173 Å². The molecule has 0 fully saturated rings. The van der Waals surface area contributed by atoms with Crippen LogP contribution in [0.1, 0.15) is 33.1 Å². The van der Waals surface area contributed by atoms with Gasteiger partial charge in [0.05, 0.1) is 40.7 Å². The molecule has 1 unspecified atom stereocenters. The molecule has 2 aliphatic rings. The van der Waals surface area contributed by atoms with Gasteiger partial charge in [-0.15, -0.1) is 0 Å². The number of carbonyl (C=O) groups excluding carboxylic acids is 1. The quantitative estimate of drug-likeness (QED) is 0.393. The highest BCUT2D eigenvalue weighted by Crippen LogP contribution is 2.48. The minimum atomic E-state index is -0.407. The maximum Gasteiger partial charge on any atom is 0.337 e. The Morgan fingerprint density at radius 3 is 2.80 bits per heavy atom. The monoisotopic (exact) mass is 401 g/mol. The summed E-state index contributed by atoms with van der Waals surface area (Å²) in [6.07, 6.45) is 0.920. The fraction of sp³-hybridized carbons (Fsp3) is 0.174. The van der Waals surface area contributed by atoms with Crippen LogP contribution in [-0.4, -0.2) is 24.5 Å².